The van der Waals surface area contributed by atoms with Gasteiger partial charge in [0.05, 0.1) is 5.69 Å². The molecule has 0 bridgehead atoms. The lowest BCUT2D eigenvalue weighted by atomic mass is 10.1. The van der Waals surface area contributed by atoms with Crippen LogP contribution in [0.4, 0.5) is 0 Å². The second-order valence-electron chi connectivity index (χ2n) is 3.18. The maximum Gasteiger partial charge on any atom is 0.354 e. The number of aryl methyl sites for hydroxylation is 1. The highest BCUT2D eigenvalue weighted by atomic mass is 16.4. The standard InChI is InChI=1S/C12H14N2O2.C2H6/c1-4-6-7-9(5-2)10-8-11(12(15)16)14(3)13-10;1-2/h4-8H,1H2,2-3H3,(H,15,16);1-2H3/b7-6-,9-5+;. The van der Waals surface area contributed by atoms with Crippen LogP contribution >= 0.6 is 0 Å². The summed E-state index contributed by atoms with van der Waals surface area (Å²) in [6.45, 7) is 9.45. The minimum absolute atomic E-state index is 0.168. The van der Waals surface area contributed by atoms with Crippen LogP contribution in [0.25, 0.3) is 5.57 Å². The molecule has 18 heavy (non-hydrogen) atoms. The van der Waals surface area contributed by atoms with Crippen molar-refractivity contribution in [3.63, 3.8) is 0 Å². The van der Waals surface area contributed by atoms with Crippen molar-refractivity contribution < 1.29 is 9.90 Å². The van der Waals surface area contributed by atoms with E-state index in [1.165, 1.54) is 4.68 Å². The molecule has 0 atom stereocenters. The summed E-state index contributed by atoms with van der Waals surface area (Å²) in [6, 6.07) is 1.55. The van der Waals surface area contributed by atoms with E-state index < -0.39 is 5.97 Å². The van der Waals surface area contributed by atoms with Crippen molar-refractivity contribution >= 4 is 11.5 Å². The fraction of sp³-hybridized carbons (Fsp3) is 0.286. The number of hydrogen-bond acceptors (Lipinski definition) is 2. The zero-order valence-corrected chi connectivity index (χ0v) is 11.3. The molecule has 0 saturated carbocycles. The van der Waals surface area contributed by atoms with Crippen LogP contribution in [0.5, 0.6) is 0 Å². The largest absolute Gasteiger partial charge is 0.477 e. The zero-order valence-electron chi connectivity index (χ0n) is 11.3. The number of allylic oxidation sites excluding steroid dienone is 5. The molecule has 1 N–H and O–H groups in total. The molecule has 0 radical (unpaired) electrons. The molecule has 98 valence electrons. The molecule has 0 aromatic carbocycles. The van der Waals surface area contributed by atoms with Gasteiger partial charge in [0.2, 0.25) is 0 Å². The minimum atomic E-state index is -0.982. The van der Waals surface area contributed by atoms with E-state index in [2.05, 4.69) is 11.7 Å². The highest BCUT2D eigenvalue weighted by Crippen LogP contribution is 2.15. The van der Waals surface area contributed by atoms with Crippen molar-refractivity contribution in [2.24, 2.45) is 7.05 Å². The van der Waals surface area contributed by atoms with Crippen molar-refractivity contribution in [1.82, 2.24) is 9.78 Å². The molecule has 1 rings (SSSR count). The van der Waals surface area contributed by atoms with Crippen molar-refractivity contribution in [3.8, 4) is 0 Å². The second kappa shape index (κ2) is 8.06. The lowest BCUT2D eigenvalue weighted by Crippen LogP contribution is -2.04. The van der Waals surface area contributed by atoms with Crippen LogP contribution in [0, 0.1) is 0 Å². The summed E-state index contributed by atoms with van der Waals surface area (Å²) in [5, 5.41) is 13.0. The number of nitrogens with zero attached hydrogens (tertiary/aromatic N) is 2. The smallest absolute Gasteiger partial charge is 0.354 e. The quantitative estimate of drug-likeness (QED) is 0.832. The van der Waals surface area contributed by atoms with E-state index in [4.69, 9.17) is 5.11 Å². The Morgan fingerprint density at radius 1 is 1.50 bits per heavy atom. The SMILES string of the molecule is C=C/C=C\C(=C/C)c1cc(C(=O)O)n(C)n1.CC. The van der Waals surface area contributed by atoms with E-state index in [1.54, 1.807) is 25.3 Å². The van der Waals surface area contributed by atoms with Crippen LogP contribution in [0.15, 0.2) is 36.9 Å². The fourth-order valence-electron chi connectivity index (χ4n) is 1.31. The number of carbonyl (C=O) groups is 1. The summed E-state index contributed by atoms with van der Waals surface area (Å²) in [4.78, 5) is 10.8. The summed E-state index contributed by atoms with van der Waals surface area (Å²) in [5.74, 6) is -0.982. The van der Waals surface area contributed by atoms with E-state index in [1.807, 2.05) is 32.9 Å². The summed E-state index contributed by atoms with van der Waals surface area (Å²) in [7, 11) is 1.61. The van der Waals surface area contributed by atoms with Crippen LogP contribution in [0.1, 0.15) is 37.0 Å². The fourth-order valence-corrected chi connectivity index (χ4v) is 1.31. The summed E-state index contributed by atoms with van der Waals surface area (Å²) in [5.41, 5.74) is 1.67. The predicted molar refractivity (Wildman–Crippen MR) is 74.5 cm³/mol. The Balaban J connectivity index is 0.00000137. The molecule has 0 unspecified atom stereocenters. The van der Waals surface area contributed by atoms with Crippen LogP contribution in [0.2, 0.25) is 0 Å². The minimum Gasteiger partial charge on any atom is -0.477 e. The Kier molecular flexibility index (Phi) is 7.12. The average molecular weight is 248 g/mol. The second-order valence-corrected chi connectivity index (χ2v) is 3.18. The molecular weight excluding hydrogens is 228 g/mol. The first-order chi connectivity index (χ1) is 8.60. The van der Waals surface area contributed by atoms with E-state index >= 15 is 0 Å². The van der Waals surface area contributed by atoms with Crippen LogP contribution in [-0.2, 0) is 7.05 Å². The van der Waals surface area contributed by atoms with Gasteiger partial charge in [0, 0.05) is 7.05 Å². The van der Waals surface area contributed by atoms with Gasteiger partial charge in [0.15, 0.2) is 0 Å². The number of rotatable bonds is 4. The van der Waals surface area contributed by atoms with Crippen LogP contribution in [-0.4, -0.2) is 20.9 Å². The lowest BCUT2D eigenvalue weighted by Gasteiger charge is -1.94. The third-order valence-electron chi connectivity index (χ3n) is 2.12. The van der Waals surface area contributed by atoms with E-state index in [-0.39, 0.29) is 5.69 Å². The lowest BCUT2D eigenvalue weighted by molar-refractivity contribution is 0.0685. The number of carboxylic acids is 1. The molecule has 0 saturated heterocycles. The molecule has 4 heteroatoms. The molecule has 0 fully saturated rings. The van der Waals surface area contributed by atoms with Crippen molar-refractivity contribution in [2.75, 3.05) is 0 Å². The number of aromatic nitrogens is 2. The molecular formula is C14H20N2O2. The van der Waals surface area contributed by atoms with Crippen molar-refractivity contribution in [3.05, 3.63) is 48.3 Å². The zero-order chi connectivity index (χ0) is 14.1. The van der Waals surface area contributed by atoms with E-state index in [9.17, 15) is 4.79 Å². The Bertz CT molecular complexity index is 468. The first-order valence-electron chi connectivity index (χ1n) is 5.83. The third-order valence-corrected chi connectivity index (χ3v) is 2.12. The van der Waals surface area contributed by atoms with Crippen LogP contribution < -0.4 is 0 Å². The van der Waals surface area contributed by atoms with E-state index in [0.29, 0.717) is 5.69 Å². The summed E-state index contributed by atoms with van der Waals surface area (Å²) < 4.78 is 1.35. The molecule has 1 aromatic heterocycles. The maximum absolute atomic E-state index is 10.8. The molecule has 0 aliphatic rings. The summed E-state index contributed by atoms with van der Waals surface area (Å²) >= 11 is 0. The van der Waals surface area contributed by atoms with Gasteiger partial charge in [0.25, 0.3) is 0 Å². The normalized spacial score (nSPS) is 11.0. The average Bonchev–Trinajstić information content (AvgIpc) is 2.75. The van der Waals surface area contributed by atoms with Crippen LogP contribution in [0.3, 0.4) is 0 Å². The highest BCUT2D eigenvalue weighted by Gasteiger charge is 2.12. The molecule has 0 aliphatic carbocycles. The molecule has 0 amide bonds. The molecule has 0 spiro atoms. The predicted octanol–water partition coefficient (Wildman–Crippen LogP) is 3.29. The highest BCUT2D eigenvalue weighted by molar-refractivity contribution is 5.87. The maximum atomic E-state index is 10.8. The monoisotopic (exact) mass is 248 g/mol. The van der Waals surface area contributed by atoms with Gasteiger partial charge in [-0.2, -0.15) is 5.10 Å². The van der Waals surface area contributed by atoms with Gasteiger partial charge < -0.3 is 5.11 Å². The van der Waals surface area contributed by atoms with Gasteiger partial charge in [-0.15, -0.1) is 0 Å². The molecule has 1 heterocycles. The Hall–Kier alpha value is -2.10. The Morgan fingerprint density at radius 2 is 2.11 bits per heavy atom. The molecule has 4 nitrogen and oxygen atoms in total. The number of hydrogen-bond donors (Lipinski definition) is 1. The van der Waals surface area contributed by atoms with Gasteiger partial charge >= 0.3 is 5.97 Å². The Morgan fingerprint density at radius 3 is 2.50 bits per heavy atom. The number of aromatic carboxylic acids is 1. The van der Waals surface area contributed by atoms with Gasteiger partial charge in [-0.1, -0.05) is 44.7 Å². The van der Waals surface area contributed by atoms with Crippen molar-refractivity contribution in [1.29, 1.82) is 0 Å². The topological polar surface area (TPSA) is 55.1 Å². The first-order valence-corrected chi connectivity index (χ1v) is 5.83. The van der Waals surface area contributed by atoms with Gasteiger partial charge in [0.1, 0.15) is 5.69 Å². The third kappa shape index (κ3) is 4.05. The van der Waals surface area contributed by atoms with E-state index in [0.717, 1.165) is 5.57 Å². The van der Waals surface area contributed by atoms with Gasteiger partial charge in [-0.3, -0.25) is 4.68 Å². The number of carboxylic acid groups (broad SMARTS) is 1. The van der Waals surface area contributed by atoms with Crippen molar-refractivity contribution in [2.45, 2.75) is 20.8 Å². The van der Waals surface area contributed by atoms with Gasteiger partial charge in [-0.05, 0) is 18.6 Å². The summed E-state index contributed by atoms with van der Waals surface area (Å²) in [6.07, 6.45) is 7.14. The first kappa shape index (κ1) is 15.9. The Labute approximate surface area is 108 Å². The molecule has 1 aromatic rings. The van der Waals surface area contributed by atoms with Gasteiger partial charge in [-0.25, -0.2) is 4.79 Å². The molecule has 0 aliphatic heterocycles.